The van der Waals surface area contributed by atoms with Crippen molar-refractivity contribution in [3.05, 3.63) is 0 Å². The molecule has 0 aliphatic rings. The summed E-state index contributed by atoms with van der Waals surface area (Å²) < 4.78 is 12.9. The Bertz CT molecular complexity index is 215. The van der Waals surface area contributed by atoms with Crippen LogP contribution >= 0.6 is 0 Å². The number of hydrogen-bond acceptors (Lipinski definition) is 2. The maximum Gasteiger partial charge on any atom is 0.314 e. The third-order valence-corrected chi connectivity index (χ3v) is 12.3. The standard InChI is InChI=1S/C12H32O2Si3/c1-10-12(2)11-17(9,13-15(3,4)5)14-16(6,7)8/h12H,10-11H2,1-9H3. The smallest absolute Gasteiger partial charge is 0.314 e. The van der Waals surface area contributed by atoms with E-state index in [-0.39, 0.29) is 0 Å². The molecule has 0 heterocycles. The third-order valence-electron chi connectivity index (χ3n) is 2.46. The van der Waals surface area contributed by atoms with Crippen LogP contribution in [0.4, 0.5) is 0 Å². The van der Waals surface area contributed by atoms with Gasteiger partial charge in [-0.15, -0.1) is 0 Å². The van der Waals surface area contributed by atoms with E-state index in [4.69, 9.17) is 8.23 Å². The molecule has 0 aromatic carbocycles. The molecule has 0 aromatic rings. The average Bonchev–Trinajstić information content (AvgIpc) is 1.94. The normalized spacial score (nSPS) is 16.1. The Morgan fingerprint density at radius 1 is 0.824 bits per heavy atom. The summed E-state index contributed by atoms with van der Waals surface area (Å²) in [6.45, 7) is 20.4. The molecule has 0 rings (SSSR count). The van der Waals surface area contributed by atoms with Crippen molar-refractivity contribution >= 4 is 25.2 Å². The van der Waals surface area contributed by atoms with Crippen LogP contribution in [-0.4, -0.2) is 25.2 Å². The molecule has 0 radical (unpaired) electrons. The molecular formula is C12H32O2Si3. The van der Waals surface area contributed by atoms with Gasteiger partial charge in [0, 0.05) is 0 Å². The van der Waals surface area contributed by atoms with Crippen LogP contribution in [0.2, 0.25) is 51.9 Å². The topological polar surface area (TPSA) is 18.5 Å². The van der Waals surface area contributed by atoms with Crippen molar-refractivity contribution in [1.29, 1.82) is 0 Å². The SMILES string of the molecule is CCC(C)C[Si](C)(O[Si](C)(C)C)O[Si](C)(C)C. The van der Waals surface area contributed by atoms with E-state index in [1.165, 1.54) is 6.42 Å². The van der Waals surface area contributed by atoms with Gasteiger partial charge in [0.15, 0.2) is 16.6 Å². The van der Waals surface area contributed by atoms with Gasteiger partial charge in [-0.25, -0.2) is 0 Å². The minimum atomic E-state index is -1.98. The highest BCUT2D eigenvalue weighted by atomic mass is 28.5. The van der Waals surface area contributed by atoms with E-state index in [0.29, 0.717) is 5.92 Å². The lowest BCUT2D eigenvalue weighted by molar-refractivity contribution is 0.368. The predicted molar refractivity (Wildman–Crippen MR) is 84.7 cm³/mol. The summed E-state index contributed by atoms with van der Waals surface area (Å²) >= 11 is 0. The molecular weight excluding hydrogens is 260 g/mol. The number of rotatable bonds is 7. The third kappa shape index (κ3) is 9.19. The fourth-order valence-electron chi connectivity index (χ4n) is 2.18. The van der Waals surface area contributed by atoms with Crippen molar-refractivity contribution in [3.63, 3.8) is 0 Å². The van der Waals surface area contributed by atoms with Crippen LogP contribution in [0.25, 0.3) is 0 Å². The highest BCUT2D eigenvalue weighted by molar-refractivity contribution is 6.87. The Labute approximate surface area is 112 Å². The Hall–Kier alpha value is 0.571. The van der Waals surface area contributed by atoms with Gasteiger partial charge in [-0.05, 0) is 57.8 Å². The van der Waals surface area contributed by atoms with Gasteiger partial charge in [-0.1, -0.05) is 20.3 Å². The second-order valence-electron chi connectivity index (χ2n) is 7.28. The van der Waals surface area contributed by atoms with Crippen molar-refractivity contribution in [2.24, 2.45) is 5.92 Å². The first-order valence-corrected chi connectivity index (χ1v) is 16.1. The summed E-state index contributed by atoms with van der Waals surface area (Å²) in [5.41, 5.74) is 0. The Kier molecular flexibility index (Phi) is 6.35. The Morgan fingerprint density at radius 2 is 1.18 bits per heavy atom. The first-order chi connectivity index (χ1) is 7.37. The molecule has 0 bridgehead atoms. The maximum atomic E-state index is 6.46. The molecule has 0 aliphatic heterocycles. The monoisotopic (exact) mass is 292 g/mol. The molecule has 0 aliphatic carbocycles. The molecule has 0 spiro atoms. The van der Waals surface area contributed by atoms with Gasteiger partial charge in [0.25, 0.3) is 0 Å². The summed E-state index contributed by atoms with van der Waals surface area (Å²) in [6, 6.07) is 1.14. The van der Waals surface area contributed by atoms with Gasteiger partial charge in [0.05, 0.1) is 0 Å². The van der Waals surface area contributed by atoms with E-state index in [1.807, 2.05) is 0 Å². The molecule has 5 heteroatoms. The summed E-state index contributed by atoms with van der Waals surface area (Å²) in [4.78, 5) is 0. The minimum absolute atomic E-state index is 0.708. The van der Waals surface area contributed by atoms with Crippen LogP contribution in [-0.2, 0) is 8.23 Å². The van der Waals surface area contributed by atoms with E-state index >= 15 is 0 Å². The first-order valence-electron chi connectivity index (χ1n) is 6.77. The molecule has 17 heavy (non-hydrogen) atoms. The predicted octanol–water partition coefficient (Wildman–Crippen LogP) is 4.81. The van der Waals surface area contributed by atoms with Crippen molar-refractivity contribution in [2.45, 2.75) is 72.1 Å². The second-order valence-corrected chi connectivity index (χ2v) is 20.0. The van der Waals surface area contributed by atoms with Gasteiger partial charge >= 0.3 is 8.56 Å². The van der Waals surface area contributed by atoms with Gasteiger partial charge in [0.2, 0.25) is 0 Å². The fraction of sp³-hybridized carbons (Fsp3) is 1.00. The van der Waals surface area contributed by atoms with Crippen LogP contribution < -0.4 is 0 Å². The molecule has 2 nitrogen and oxygen atoms in total. The fourth-order valence-corrected chi connectivity index (χ4v) is 15.3. The van der Waals surface area contributed by atoms with Gasteiger partial charge < -0.3 is 8.23 Å². The molecule has 0 aromatic heterocycles. The van der Waals surface area contributed by atoms with Crippen LogP contribution in [0.15, 0.2) is 0 Å². The summed E-state index contributed by atoms with van der Waals surface area (Å²) in [6.07, 6.45) is 1.21. The van der Waals surface area contributed by atoms with E-state index in [2.05, 4.69) is 59.7 Å². The van der Waals surface area contributed by atoms with Gasteiger partial charge in [-0.2, -0.15) is 0 Å². The van der Waals surface area contributed by atoms with Crippen LogP contribution in [0, 0.1) is 5.92 Å². The van der Waals surface area contributed by atoms with E-state index in [9.17, 15) is 0 Å². The average molecular weight is 293 g/mol. The number of hydrogen-bond donors (Lipinski definition) is 0. The molecule has 0 N–H and O–H groups in total. The minimum Gasteiger partial charge on any atom is -0.437 e. The van der Waals surface area contributed by atoms with E-state index < -0.39 is 25.2 Å². The van der Waals surface area contributed by atoms with Crippen LogP contribution in [0.1, 0.15) is 20.3 Å². The zero-order chi connectivity index (χ0) is 13.9. The van der Waals surface area contributed by atoms with Crippen molar-refractivity contribution < 1.29 is 8.23 Å². The lowest BCUT2D eigenvalue weighted by atomic mass is 10.2. The molecule has 0 fully saturated rings. The molecule has 0 saturated carbocycles. The van der Waals surface area contributed by atoms with Crippen molar-refractivity contribution in [3.8, 4) is 0 Å². The van der Waals surface area contributed by atoms with Gasteiger partial charge in [-0.3, -0.25) is 0 Å². The Morgan fingerprint density at radius 3 is 1.41 bits per heavy atom. The molecule has 0 amide bonds. The molecule has 104 valence electrons. The Balaban J connectivity index is 4.81. The highest BCUT2D eigenvalue weighted by Gasteiger charge is 2.40. The van der Waals surface area contributed by atoms with Gasteiger partial charge in [0.1, 0.15) is 0 Å². The lowest BCUT2D eigenvalue weighted by Gasteiger charge is -2.39. The van der Waals surface area contributed by atoms with Crippen LogP contribution in [0.5, 0.6) is 0 Å². The molecule has 1 unspecified atom stereocenters. The maximum absolute atomic E-state index is 6.46. The quantitative estimate of drug-likeness (QED) is 0.627. The van der Waals surface area contributed by atoms with E-state index in [1.54, 1.807) is 0 Å². The van der Waals surface area contributed by atoms with Crippen molar-refractivity contribution in [2.75, 3.05) is 0 Å². The zero-order valence-electron chi connectivity index (χ0n) is 13.3. The summed E-state index contributed by atoms with van der Waals surface area (Å²) in [5.74, 6) is 0.708. The first kappa shape index (κ1) is 17.6. The largest absolute Gasteiger partial charge is 0.437 e. The molecule has 0 saturated heterocycles. The highest BCUT2D eigenvalue weighted by Crippen LogP contribution is 2.28. The summed E-state index contributed by atoms with van der Waals surface area (Å²) in [5, 5.41) is 0. The molecule has 1 atom stereocenters. The van der Waals surface area contributed by atoms with E-state index in [0.717, 1.165) is 6.04 Å². The van der Waals surface area contributed by atoms with Crippen LogP contribution in [0.3, 0.4) is 0 Å². The summed E-state index contributed by atoms with van der Waals surface area (Å²) in [7, 11) is -5.01. The van der Waals surface area contributed by atoms with Crippen molar-refractivity contribution in [1.82, 2.24) is 0 Å². The second kappa shape index (κ2) is 6.14. The zero-order valence-corrected chi connectivity index (χ0v) is 16.3. The lowest BCUT2D eigenvalue weighted by Crippen LogP contribution is -2.53.